The molecule has 3 nitrogen and oxygen atoms in total. The fraction of sp³-hybridized carbons (Fsp3) is 1.00. The molecule has 0 aromatic carbocycles. The number of likely N-dealkylation sites (tertiary alicyclic amines) is 1. The standard InChI is InChI=1S/C16H32N2O/c1-18-12-6-7-16(18)10-14-19-13-5-3-2-4-11-17-15-8-9-15/h15-17H,2-14H2,1H3. The highest BCUT2D eigenvalue weighted by Crippen LogP contribution is 2.18. The van der Waals surface area contributed by atoms with E-state index in [0.717, 1.165) is 25.3 Å². The molecule has 19 heavy (non-hydrogen) atoms. The first-order chi connectivity index (χ1) is 9.36. The summed E-state index contributed by atoms with van der Waals surface area (Å²) < 4.78 is 5.76. The van der Waals surface area contributed by atoms with E-state index in [4.69, 9.17) is 4.74 Å². The molecule has 1 unspecified atom stereocenters. The molecule has 2 rings (SSSR count). The summed E-state index contributed by atoms with van der Waals surface area (Å²) in [6, 6.07) is 1.66. The molecule has 1 N–H and O–H groups in total. The van der Waals surface area contributed by atoms with Crippen molar-refractivity contribution >= 4 is 0 Å². The van der Waals surface area contributed by atoms with E-state index < -0.39 is 0 Å². The summed E-state index contributed by atoms with van der Waals surface area (Å²) in [4.78, 5) is 2.48. The van der Waals surface area contributed by atoms with Crippen LogP contribution in [0.2, 0.25) is 0 Å². The van der Waals surface area contributed by atoms with Crippen molar-refractivity contribution < 1.29 is 4.74 Å². The fourth-order valence-corrected chi connectivity index (χ4v) is 2.94. The molecule has 1 aliphatic carbocycles. The average molecular weight is 268 g/mol. The number of hydrogen-bond donors (Lipinski definition) is 1. The predicted molar refractivity (Wildman–Crippen MR) is 80.6 cm³/mol. The van der Waals surface area contributed by atoms with Crippen LogP contribution in [0.15, 0.2) is 0 Å². The van der Waals surface area contributed by atoms with E-state index in [0.29, 0.717) is 0 Å². The van der Waals surface area contributed by atoms with Crippen LogP contribution in [0.5, 0.6) is 0 Å². The zero-order chi connectivity index (χ0) is 13.3. The molecule has 0 aromatic rings. The lowest BCUT2D eigenvalue weighted by Crippen LogP contribution is -2.26. The van der Waals surface area contributed by atoms with E-state index in [-0.39, 0.29) is 0 Å². The number of rotatable bonds is 11. The van der Waals surface area contributed by atoms with Crippen LogP contribution in [0.1, 0.15) is 57.8 Å². The summed E-state index contributed by atoms with van der Waals surface area (Å²) in [6.45, 7) is 4.42. The fourth-order valence-electron chi connectivity index (χ4n) is 2.94. The Morgan fingerprint density at radius 2 is 1.89 bits per heavy atom. The van der Waals surface area contributed by atoms with Crippen molar-refractivity contribution in [2.45, 2.75) is 69.9 Å². The van der Waals surface area contributed by atoms with Crippen LogP contribution in [-0.2, 0) is 4.74 Å². The van der Waals surface area contributed by atoms with E-state index in [9.17, 15) is 0 Å². The van der Waals surface area contributed by atoms with Crippen molar-refractivity contribution in [3.8, 4) is 0 Å². The average Bonchev–Trinajstić information content (AvgIpc) is 3.15. The molecule has 112 valence electrons. The van der Waals surface area contributed by atoms with E-state index in [2.05, 4.69) is 17.3 Å². The third-order valence-electron chi connectivity index (χ3n) is 4.49. The lowest BCUT2D eigenvalue weighted by atomic mass is 10.1. The summed E-state index contributed by atoms with van der Waals surface area (Å²) >= 11 is 0. The van der Waals surface area contributed by atoms with Crippen molar-refractivity contribution in [2.24, 2.45) is 0 Å². The van der Waals surface area contributed by atoms with Crippen LogP contribution in [0.25, 0.3) is 0 Å². The van der Waals surface area contributed by atoms with Gasteiger partial charge < -0.3 is 15.0 Å². The first-order valence-corrected chi connectivity index (χ1v) is 8.37. The van der Waals surface area contributed by atoms with Gasteiger partial charge in [-0.15, -0.1) is 0 Å². The quantitative estimate of drug-likeness (QED) is 0.583. The second kappa shape index (κ2) is 8.93. The first-order valence-electron chi connectivity index (χ1n) is 8.37. The Kier molecular flexibility index (Phi) is 7.18. The van der Waals surface area contributed by atoms with Gasteiger partial charge in [-0.2, -0.15) is 0 Å². The summed E-state index contributed by atoms with van der Waals surface area (Å²) in [6.07, 6.45) is 12.0. The van der Waals surface area contributed by atoms with Crippen molar-refractivity contribution in [2.75, 3.05) is 33.4 Å². The van der Waals surface area contributed by atoms with E-state index in [1.165, 1.54) is 70.9 Å². The zero-order valence-corrected chi connectivity index (χ0v) is 12.7. The maximum Gasteiger partial charge on any atom is 0.0480 e. The molecule has 1 saturated carbocycles. The molecule has 2 fully saturated rings. The number of unbranched alkanes of at least 4 members (excludes halogenated alkanes) is 3. The topological polar surface area (TPSA) is 24.5 Å². The predicted octanol–water partition coefficient (Wildman–Crippen LogP) is 2.80. The van der Waals surface area contributed by atoms with Crippen LogP contribution < -0.4 is 5.32 Å². The minimum Gasteiger partial charge on any atom is -0.381 e. The minimum absolute atomic E-state index is 0.786. The molecule has 0 bridgehead atoms. The number of nitrogens with one attached hydrogen (secondary N) is 1. The molecule has 1 aliphatic heterocycles. The van der Waals surface area contributed by atoms with Crippen LogP contribution in [0.4, 0.5) is 0 Å². The van der Waals surface area contributed by atoms with Crippen LogP contribution in [-0.4, -0.2) is 50.3 Å². The van der Waals surface area contributed by atoms with Gasteiger partial charge in [-0.1, -0.05) is 12.8 Å². The third kappa shape index (κ3) is 6.73. The van der Waals surface area contributed by atoms with Gasteiger partial charge in [0.05, 0.1) is 0 Å². The Morgan fingerprint density at radius 3 is 2.63 bits per heavy atom. The maximum atomic E-state index is 5.76. The number of hydrogen-bond acceptors (Lipinski definition) is 3. The summed E-state index contributed by atoms with van der Waals surface area (Å²) in [7, 11) is 2.24. The van der Waals surface area contributed by atoms with Gasteiger partial charge in [0.25, 0.3) is 0 Å². The molecule has 2 aliphatic rings. The normalized spacial score (nSPS) is 24.2. The van der Waals surface area contributed by atoms with E-state index in [1.54, 1.807) is 0 Å². The van der Waals surface area contributed by atoms with Gasteiger partial charge in [-0.05, 0) is 65.1 Å². The van der Waals surface area contributed by atoms with Crippen molar-refractivity contribution in [1.29, 1.82) is 0 Å². The van der Waals surface area contributed by atoms with Gasteiger partial charge in [0.1, 0.15) is 0 Å². The highest BCUT2D eigenvalue weighted by molar-refractivity contribution is 4.80. The zero-order valence-electron chi connectivity index (χ0n) is 12.7. The van der Waals surface area contributed by atoms with Gasteiger partial charge in [0.2, 0.25) is 0 Å². The van der Waals surface area contributed by atoms with Gasteiger partial charge in [-0.25, -0.2) is 0 Å². The monoisotopic (exact) mass is 268 g/mol. The van der Waals surface area contributed by atoms with E-state index >= 15 is 0 Å². The molecular formula is C16H32N2O. The van der Waals surface area contributed by atoms with Crippen molar-refractivity contribution in [1.82, 2.24) is 10.2 Å². The molecule has 0 spiro atoms. The molecule has 3 heteroatoms. The van der Waals surface area contributed by atoms with Crippen LogP contribution in [0, 0.1) is 0 Å². The Bertz CT molecular complexity index is 231. The second-order valence-corrected chi connectivity index (χ2v) is 6.32. The lowest BCUT2D eigenvalue weighted by Gasteiger charge is -2.18. The SMILES string of the molecule is CN1CCCC1CCOCCCCCCNC1CC1. The first kappa shape index (κ1) is 15.3. The highest BCUT2D eigenvalue weighted by atomic mass is 16.5. The van der Waals surface area contributed by atoms with Crippen molar-refractivity contribution in [3.63, 3.8) is 0 Å². The molecule has 0 radical (unpaired) electrons. The third-order valence-corrected chi connectivity index (χ3v) is 4.49. The second-order valence-electron chi connectivity index (χ2n) is 6.32. The summed E-state index contributed by atoms with van der Waals surface area (Å²) in [5.41, 5.74) is 0. The van der Waals surface area contributed by atoms with Crippen LogP contribution >= 0.6 is 0 Å². The van der Waals surface area contributed by atoms with Gasteiger partial charge in [0.15, 0.2) is 0 Å². The van der Waals surface area contributed by atoms with Gasteiger partial charge >= 0.3 is 0 Å². The Balaban J connectivity index is 1.28. The molecule has 0 amide bonds. The number of nitrogens with zero attached hydrogens (tertiary/aromatic N) is 1. The van der Waals surface area contributed by atoms with Crippen molar-refractivity contribution in [3.05, 3.63) is 0 Å². The summed E-state index contributed by atoms with van der Waals surface area (Å²) in [5, 5.41) is 3.57. The number of ether oxygens (including phenoxy) is 1. The Labute approximate surface area is 119 Å². The summed E-state index contributed by atoms with van der Waals surface area (Å²) in [5.74, 6) is 0. The van der Waals surface area contributed by atoms with E-state index in [1.807, 2.05) is 0 Å². The highest BCUT2D eigenvalue weighted by Gasteiger charge is 2.20. The lowest BCUT2D eigenvalue weighted by molar-refractivity contribution is 0.110. The molecular weight excluding hydrogens is 236 g/mol. The molecule has 0 aromatic heterocycles. The Hall–Kier alpha value is -0.120. The maximum absolute atomic E-state index is 5.76. The Morgan fingerprint density at radius 1 is 1.05 bits per heavy atom. The largest absolute Gasteiger partial charge is 0.381 e. The molecule has 1 atom stereocenters. The molecule has 1 heterocycles. The smallest absolute Gasteiger partial charge is 0.0480 e. The van der Waals surface area contributed by atoms with Gasteiger partial charge in [0, 0.05) is 25.3 Å². The molecule has 1 saturated heterocycles. The van der Waals surface area contributed by atoms with Gasteiger partial charge in [-0.3, -0.25) is 0 Å². The minimum atomic E-state index is 0.786. The van der Waals surface area contributed by atoms with Crippen LogP contribution in [0.3, 0.4) is 0 Å².